The second-order valence-corrected chi connectivity index (χ2v) is 4.45. The zero-order chi connectivity index (χ0) is 11.4. The molecule has 0 aliphatic heterocycles. The van der Waals surface area contributed by atoms with Gasteiger partial charge in [0.2, 0.25) is 0 Å². The van der Waals surface area contributed by atoms with Crippen LogP contribution in [0.1, 0.15) is 33.2 Å². The van der Waals surface area contributed by atoms with Gasteiger partial charge < -0.3 is 10.6 Å². The average Bonchev–Trinajstić information content (AvgIpc) is 2.64. The molecule has 15 heavy (non-hydrogen) atoms. The predicted octanol–water partition coefficient (Wildman–Crippen LogP) is 1.25. The van der Waals surface area contributed by atoms with Gasteiger partial charge in [0, 0.05) is 13.1 Å². The number of amides is 2. The van der Waals surface area contributed by atoms with E-state index in [4.69, 9.17) is 0 Å². The van der Waals surface area contributed by atoms with Crippen molar-refractivity contribution in [3.05, 3.63) is 21.9 Å². The second-order valence-electron chi connectivity index (χ2n) is 3.37. The van der Waals surface area contributed by atoms with Crippen molar-refractivity contribution in [1.82, 2.24) is 10.6 Å². The van der Waals surface area contributed by atoms with Gasteiger partial charge in [-0.25, -0.2) is 0 Å². The highest BCUT2D eigenvalue weighted by Gasteiger charge is 2.12. The minimum absolute atomic E-state index is 0.100. The van der Waals surface area contributed by atoms with E-state index in [0.717, 1.165) is 0 Å². The van der Waals surface area contributed by atoms with Crippen LogP contribution in [0.25, 0.3) is 0 Å². The van der Waals surface area contributed by atoms with Crippen LogP contribution in [0.5, 0.6) is 0 Å². The van der Waals surface area contributed by atoms with Crippen LogP contribution in [0, 0.1) is 0 Å². The summed E-state index contributed by atoms with van der Waals surface area (Å²) in [7, 11) is 1.57. The number of hydrogen-bond acceptors (Lipinski definition) is 3. The van der Waals surface area contributed by atoms with E-state index in [1.54, 1.807) is 19.2 Å². The second kappa shape index (κ2) is 4.93. The van der Waals surface area contributed by atoms with Gasteiger partial charge >= 0.3 is 0 Å². The predicted molar refractivity (Wildman–Crippen MR) is 60.3 cm³/mol. The first kappa shape index (κ1) is 11.7. The van der Waals surface area contributed by atoms with Crippen LogP contribution in [0.4, 0.5) is 0 Å². The van der Waals surface area contributed by atoms with Crippen molar-refractivity contribution in [1.29, 1.82) is 0 Å². The highest BCUT2D eigenvalue weighted by Crippen LogP contribution is 2.16. The molecule has 0 saturated carbocycles. The minimum atomic E-state index is -0.163. The van der Waals surface area contributed by atoms with Crippen molar-refractivity contribution in [3.63, 3.8) is 0 Å². The van der Waals surface area contributed by atoms with Gasteiger partial charge in [0.25, 0.3) is 11.8 Å². The van der Waals surface area contributed by atoms with Gasteiger partial charge in [-0.2, -0.15) is 0 Å². The minimum Gasteiger partial charge on any atom is -0.354 e. The van der Waals surface area contributed by atoms with Gasteiger partial charge in [0.1, 0.15) is 0 Å². The standard InChI is InChI=1S/C10H14N2O2S/c1-6(2)12-10(14)8-5-4-7(15-8)9(13)11-3/h4-6H,1-3H3,(H,11,13)(H,12,14). The lowest BCUT2D eigenvalue weighted by molar-refractivity contribution is 0.0945. The molecule has 0 spiro atoms. The molecule has 4 nitrogen and oxygen atoms in total. The van der Waals surface area contributed by atoms with Crippen molar-refractivity contribution >= 4 is 23.2 Å². The molecule has 0 aliphatic rings. The molecule has 0 radical (unpaired) electrons. The molecule has 82 valence electrons. The van der Waals surface area contributed by atoms with E-state index in [1.807, 2.05) is 13.8 Å². The lowest BCUT2D eigenvalue weighted by Gasteiger charge is -2.05. The third kappa shape index (κ3) is 3.06. The van der Waals surface area contributed by atoms with Gasteiger partial charge in [-0.15, -0.1) is 11.3 Å². The SMILES string of the molecule is CNC(=O)c1ccc(C(=O)NC(C)C)s1. The fourth-order valence-corrected chi connectivity index (χ4v) is 1.89. The molecule has 0 saturated heterocycles. The summed E-state index contributed by atoms with van der Waals surface area (Å²) in [5.41, 5.74) is 0. The molecule has 5 heteroatoms. The van der Waals surface area contributed by atoms with Gasteiger partial charge in [-0.1, -0.05) is 0 Å². The van der Waals surface area contributed by atoms with Crippen LogP contribution >= 0.6 is 11.3 Å². The highest BCUT2D eigenvalue weighted by molar-refractivity contribution is 7.15. The first-order valence-electron chi connectivity index (χ1n) is 4.67. The van der Waals surface area contributed by atoms with Crippen LogP contribution in [0.15, 0.2) is 12.1 Å². The lowest BCUT2D eigenvalue weighted by Crippen LogP contribution is -2.29. The Balaban J connectivity index is 2.75. The molecule has 0 aromatic carbocycles. The van der Waals surface area contributed by atoms with E-state index in [0.29, 0.717) is 9.75 Å². The Bertz CT molecular complexity index is 371. The van der Waals surface area contributed by atoms with E-state index in [-0.39, 0.29) is 17.9 Å². The van der Waals surface area contributed by atoms with Crippen LogP contribution in [0.3, 0.4) is 0 Å². The fraction of sp³-hybridized carbons (Fsp3) is 0.400. The van der Waals surface area contributed by atoms with Gasteiger partial charge in [0.15, 0.2) is 0 Å². The van der Waals surface area contributed by atoms with E-state index in [1.165, 1.54) is 11.3 Å². The van der Waals surface area contributed by atoms with Crippen LogP contribution in [-0.4, -0.2) is 24.9 Å². The van der Waals surface area contributed by atoms with Crippen molar-refractivity contribution in [2.45, 2.75) is 19.9 Å². The maximum atomic E-state index is 11.5. The third-order valence-electron chi connectivity index (χ3n) is 1.70. The van der Waals surface area contributed by atoms with Crippen molar-refractivity contribution in [2.75, 3.05) is 7.05 Å². The Hall–Kier alpha value is -1.36. The van der Waals surface area contributed by atoms with Crippen molar-refractivity contribution in [3.8, 4) is 0 Å². The molecular formula is C10H14N2O2S. The number of thiophene rings is 1. The van der Waals surface area contributed by atoms with Gasteiger partial charge in [-0.05, 0) is 26.0 Å². The number of nitrogens with one attached hydrogen (secondary N) is 2. The Morgan fingerprint density at radius 2 is 1.73 bits per heavy atom. The Kier molecular flexibility index (Phi) is 3.85. The molecule has 1 aromatic rings. The average molecular weight is 226 g/mol. The Morgan fingerprint density at radius 1 is 1.20 bits per heavy atom. The molecule has 1 rings (SSSR count). The number of rotatable bonds is 3. The zero-order valence-corrected chi connectivity index (χ0v) is 9.77. The summed E-state index contributed by atoms with van der Waals surface area (Å²) < 4.78 is 0. The summed E-state index contributed by atoms with van der Waals surface area (Å²) in [5, 5.41) is 5.28. The fourth-order valence-electron chi connectivity index (χ4n) is 1.04. The summed E-state index contributed by atoms with van der Waals surface area (Å²) in [5.74, 6) is -0.297. The Morgan fingerprint density at radius 3 is 2.20 bits per heavy atom. The highest BCUT2D eigenvalue weighted by atomic mass is 32.1. The maximum absolute atomic E-state index is 11.5. The summed E-state index contributed by atoms with van der Waals surface area (Å²) in [6.07, 6.45) is 0. The largest absolute Gasteiger partial charge is 0.354 e. The number of carbonyl (C=O) groups excluding carboxylic acids is 2. The Labute approximate surface area is 92.7 Å². The normalized spacial score (nSPS) is 10.1. The molecule has 1 aromatic heterocycles. The molecule has 1 heterocycles. The lowest BCUT2D eigenvalue weighted by atomic mass is 10.3. The van der Waals surface area contributed by atoms with Crippen LogP contribution in [0.2, 0.25) is 0 Å². The smallest absolute Gasteiger partial charge is 0.261 e. The topological polar surface area (TPSA) is 58.2 Å². The molecule has 0 bridgehead atoms. The first-order chi connectivity index (χ1) is 7.04. The zero-order valence-electron chi connectivity index (χ0n) is 8.96. The van der Waals surface area contributed by atoms with Crippen LogP contribution in [-0.2, 0) is 0 Å². The number of hydrogen-bond donors (Lipinski definition) is 2. The van der Waals surface area contributed by atoms with Crippen molar-refractivity contribution in [2.24, 2.45) is 0 Å². The molecule has 0 atom stereocenters. The van der Waals surface area contributed by atoms with Crippen LogP contribution < -0.4 is 10.6 Å². The quantitative estimate of drug-likeness (QED) is 0.814. The molecule has 0 unspecified atom stereocenters. The van der Waals surface area contributed by atoms with Gasteiger partial charge in [-0.3, -0.25) is 9.59 Å². The summed E-state index contributed by atoms with van der Waals surface area (Å²) >= 11 is 1.19. The van der Waals surface area contributed by atoms with E-state index < -0.39 is 0 Å². The third-order valence-corrected chi connectivity index (χ3v) is 2.78. The monoisotopic (exact) mass is 226 g/mol. The molecule has 2 amide bonds. The maximum Gasteiger partial charge on any atom is 0.261 e. The van der Waals surface area contributed by atoms with E-state index >= 15 is 0 Å². The molecular weight excluding hydrogens is 212 g/mol. The number of carbonyl (C=O) groups is 2. The summed E-state index contributed by atoms with van der Waals surface area (Å²) in [6, 6.07) is 3.41. The molecule has 2 N–H and O–H groups in total. The summed E-state index contributed by atoms with van der Waals surface area (Å²) in [4.78, 5) is 23.9. The first-order valence-corrected chi connectivity index (χ1v) is 5.49. The summed E-state index contributed by atoms with van der Waals surface area (Å²) in [6.45, 7) is 3.79. The van der Waals surface area contributed by atoms with E-state index in [2.05, 4.69) is 10.6 Å². The van der Waals surface area contributed by atoms with Crippen molar-refractivity contribution < 1.29 is 9.59 Å². The van der Waals surface area contributed by atoms with Gasteiger partial charge in [0.05, 0.1) is 9.75 Å². The van der Waals surface area contributed by atoms with E-state index in [9.17, 15) is 9.59 Å². The molecule has 0 aliphatic carbocycles. The molecule has 0 fully saturated rings.